The monoisotopic (exact) mass is 230 g/mol. The molecular formula is C15H22N2. The molecule has 2 aromatic rings. The molecule has 2 rings (SSSR count). The van der Waals surface area contributed by atoms with E-state index in [1.54, 1.807) is 0 Å². The third-order valence-corrected chi connectivity index (χ3v) is 3.47. The lowest BCUT2D eigenvalue weighted by Crippen LogP contribution is -2.24. The van der Waals surface area contributed by atoms with Gasteiger partial charge in [0.15, 0.2) is 0 Å². The van der Waals surface area contributed by atoms with E-state index < -0.39 is 0 Å². The fraction of sp³-hybridized carbons (Fsp3) is 0.467. The molecule has 0 bridgehead atoms. The Balaban J connectivity index is 2.48. The predicted octanol–water partition coefficient (Wildman–Crippen LogP) is 3.12. The number of fused-ring (bicyclic) bond motifs is 1. The fourth-order valence-corrected chi connectivity index (χ4v) is 2.41. The van der Waals surface area contributed by atoms with Crippen molar-refractivity contribution in [2.24, 2.45) is 0 Å². The van der Waals surface area contributed by atoms with E-state index in [2.05, 4.69) is 54.9 Å². The molecule has 17 heavy (non-hydrogen) atoms. The Morgan fingerprint density at radius 3 is 2.71 bits per heavy atom. The van der Waals surface area contributed by atoms with Crippen molar-refractivity contribution in [1.29, 1.82) is 0 Å². The van der Waals surface area contributed by atoms with Crippen molar-refractivity contribution in [2.45, 2.75) is 39.8 Å². The summed E-state index contributed by atoms with van der Waals surface area (Å²) < 4.78 is 2.42. The molecule has 1 aromatic carbocycles. The maximum Gasteiger partial charge on any atom is 0.0482 e. The molecule has 0 saturated heterocycles. The van der Waals surface area contributed by atoms with Gasteiger partial charge in [-0.25, -0.2) is 0 Å². The highest BCUT2D eigenvalue weighted by Gasteiger charge is 2.09. The molecule has 1 aromatic heterocycles. The minimum absolute atomic E-state index is 0.519. The summed E-state index contributed by atoms with van der Waals surface area (Å²) in [6.45, 7) is 7.63. The van der Waals surface area contributed by atoms with Crippen LogP contribution in [-0.4, -0.2) is 17.7 Å². The minimum atomic E-state index is 0.519. The number of benzene rings is 1. The number of rotatable bonds is 4. The predicted molar refractivity (Wildman–Crippen MR) is 74.6 cm³/mol. The first-order valence-electron chi connectivity index (χ1n) is 6.41. The van der Waals surface area contributed by atoms with Crippen molar-refractivity contribution in [3.05, 3.63) is 35.5 Å². The van der Waals surface area contributed by atoms with Gasteiger partial charge >= 0.3 is 0 Å². The van der Waals surface area contributed by atoms with E-state index in [9.17, 15) is 0 Å². The normalized spacial score (nSPS) is 13.2. The van der Waals surface area contributed by atoms with Gasteiger partial charge in [-0.05, 0) is 46.0 Å². The van der Waals surface area contributed by atoms with Crippen LogP contribution in [0.1, 0.15) is 25.1 Å². The molecule has 0 fully saturated rings. The molecular weight excluding hydrogens is 208 g/mol. The number of nitrogens with zero attached hydrogens (tertiary/aromatic N) is 1. The molecule has 2 heteroatoms. The molecule has 1 atom stereocenters. The second kappa shape index (κ2) is 4.92. The third kappa shape index (κ3) is 2.37. The van der Waals surface area contributed by atoms with E-state index in [0.717, 1.165) is 13.0 Å². The van der Waals surface area contributed by atoms with Crippen LogP contribution in [0.3, 0.4) is 0 Å². The van der Waals surface area contributed by atoms with Gasteiger partial charge in [0.05, 0.1) is 0 Å². The quantitative estimate of drug-likeness (QED) is 0.854. The Morgan fingerprint density at radius 1 is 1.29 bits per heavy atom. The van der Waals surface area contributed by atoms with Crippen molar-refractivity contribution in [3.63, 3.8) is 0 Å². The van der Waals surface area contributed by atoms with Crippen LogP contribution in [0.2, 0.25) is 0 Å². The van der Waals surface area contributed by atoms with Crippen molar-refractivity contribution >= 4 is 10.9 Å². The van der Waals surface area contributed by atoms with E-state index in [-0.39, 0.29) is 0 Å². The van der Waals surface area contributed by atoms with Gasteiger partial charge in [0, 0.05) is 35.6 Å². The van der Waals surface area contributed by atoms with Gasteiger partial charge < -0.3 is 9.88 Å². The highest BCUT2D eigenvalue weighted by Crippen LogP contribution is 2.22. The number of aryl methyl sites for hydroxylation is 2. The van der Waals surface area contributed by atoms with Crippen LogP contribution in [0.4, 0.5) is 0 Å². The van der Waals surface area contributed by atoms with Gasteiger partial charge in [0.1, 0.15) is 0 Å². The summed E-state index contributed by atoms with van der Waals surface area (Å²) in [5.41, 5.74) is 4.12. The van der Waals surface area contributed by atoms with Gasteiger partial charge in [-0.3, -0.25) is 0 Å². The topological polar surface area (TPSA) is 17.0 Å². The van der Waals surface area contributed by atoms with Crippen LogP contribution in [0.5, 0.6) is 0 Å². The molecule has 0 aliphatic carbocycles. The zero-order valence-electron chi connectivity index (χ0n) is 11.2. The number of nitrogens with one attached hydrogen (secondary N) is 1. The summed E-state index contributed by atoms with van der Waals surface area (Å²) in [5.74, 6) is 0. The summed E-state index contributed by atoms with van der Waals surface area (Å²) in [6, 6.07) is 9.56. The Hall–Kier alpha value is -1.28. The number of aromatic nitrogens is 1. The summed E-state index contributed by atoms with van der Waals surface area (Å²) in [4.78, 5) is 0. The molecule has 0 spiro atoms. The highest BCUT2D eigenvalue weighted by molar-refractivity contribution is 5.82. The number of hydrogen-bond donors (Lipinski definition) is 1. The van der Waals surface area contributed by atoms with Crippen LogP contribution in [-0.2, 0) is 13.0 Å². The zero-order valence-corrected chi connectivity index (χ0v) is 11.2. The lowest BCUT2D eigenvalue weighted by atomic mass is 10.1. The summed E-state index contributed by atoms with van der Waals surface area (Å²) in [7, 11) is 2.02. The van der Waals surface area contributed by atoms with E-state index in [0.29, 0.717) is 6.04 Å². The second-order valence-electron chi connectivity index (χ2n) is 4.84. The average molecular weight is 230 g/mol. The molecule has 0 aliphatic heterocycles. The molecule has 1 unspecified atom stereocenters. The second-order valence-corrected chi connectivity index (χ2v) is 4.84. The summed E-state index contributed by atoms with van der Waals surface area (Å²) >= 11 is 0. The molecule has 0 saturated carbocycles. The van der Waals surface area contributed by atoms with Gasteiger partial charge in [-0.1, -0.05) is 11.6 Å². The molecule has 1 N–H and O–H groups in total. The van der Waals surface area contributed by atoms with E-state index in [4.69, 9.17) is 0 Å². The largest absolute Gasteiger partial charge is 0.345 e. The van der Waals surface area contributed by atoms with Crippen molar-refractivity contribution < 1.29 is 0 Å². The Morgan fingerprint density at radius 2 is 2.06 bits per heavy atom. The molecule has 0 amide bonds. The maximum absolute atomic E-state index is 3.31. The standard InChI is InChI=1S/C15H22N2/c1-5-17-14(9-12(3)16-4)10-13-8-11(2)6-7-15(13)17/h6-8,10,12,16H,5,9H2,1-4H3. The average Bonchev–Trinajstić information content (AvgIpc) is 2.64. The number of hydrogen-bond acceptors (Lipinski definition) is 1. The SMILES string of the molecule is CCn1c(CC(C)NC)cc2cc(C)ccc21. The lowest BCUT2D eigenvalue weighted by molar-refractivity contribution is 0.581. The van der Waals surface area contributed by atoms with Crippen LogP contribution in [0.15, 0.2) is 24.3 Å². The molecule has 2 nitrogen and oxygen atoms in total. The van der Waals surface area contributed by atoms with Crippen LogP contribution in [0.25, 0.3) is 10.9 Å². The maximum atomic E-state index is 3.31. The fourth-order valence-electron chi connectivity index (χ4n) is 2.41. The lowest BCUT2D eigenvalue weighted by Gasteiger charge is -2.12. The van der Waals surface area contributed by atoms with E-state index >= 15 is 0 Å². The molecule has 0 aliphatic rings. The van der Waals surface area contributed by atoms with Gasteiger partial charge in [-0.2, -0.15) is 0 Å². The van der Waals surface area contributed by atoms with Gasteiger partial charge in [-0.15, -0.1) is 0 Å². The van der Waals surface area contributed by atoms with Crippen LogP contribution < -0.4 is 5.32 Å². The number of likely N-dealkylation sites (N-methyl/N-ethyl adjacent to an activating group) is 1. The smallest absolute Gasteiger partial charge is 0.0482 e. The van der Waals surface area contributed by atoms with Gasteiger partial charge in [0.25, 0.3) is 0 Å². The van der Waals surface area contributed by atoms with Crippen LogP contribution >= 0.6 is 0 Å². The van der Waals surface area contributed by atoms with Gasteiger partial charge in [0.2, 0.25) is 0 Å². The Labute approximate surface area is 104 Å². The molecule has 0 radical (unpaired) electrons. The first-order valence-corrected chi connectivity index (χ1v) is 6.41. The van der Waals surface area contributed by atoms with Crippen LogP contribution in [0, 0.1) is 6.92 Å². The summed E-state index contributed by atoms with van der Waals surface area (Å²) in [5, 5.41) is 4.67. The van der Waals surface area contributed by atoms with E-state index in [1.807, 2.05) is 7.05 Å². The van der Waals surface area contributed by atoms with E-state index in [1.165, 1.54) is 22.2 Å². The Kier molecular flexibility index (Phi) is 3.53. The first kappa shape index (κ1) is 12.2. The summed E-state index contributed by atoms with van der Waals surface area (Å²) in [6.07, 6.45) is 1.08. The molecule has 1 heterocycles. The third-order valence-electron chi connectivity index (χ3n) is 3.47. The zero-order chi connectivity index (χ0) is 12.4. The van der Waals surface area contributed by atoms with Crippen molar-refractivity contribution in [1.82, 2.24) is 9.88 Å². The van der Waals surface area contributed by atoms with Crippen molar-refractivity contribution in [2.75, 3.05) is 7.05 Å². The Bertz CT molecular complexity index is 511. The first-order chi connectivity index (χ1) is 8.15. The minimum Gasteiger partial charge on any atom is -0.345 e. The highest BCUT2D eigenvalue weighted by atomic mass is 15.0. The van der Waals surface area contributed by atoms with Crippen molar-refractivity contribution in [3.8, 4) is 0 Å². The molecule has 92 valence electrons.